The first-order chi connectivity index (χ1) is 9.65. The molecule has 0 spiro atoms. The third kappa shape index (κ3) is 2.31. The number of aromatic nitrogens is 3. The Morgan fingerprint density at radius 2 is 2.25 bits per heavy atom. The zero-order valence-corrected chi connectivity index (χ0v) is 11.5. The van der Waals surface area contributed by atoms with Crippen LogP contribution in [0.3, 0.4) is 0 Å². The van der Waals surface area contributed by atoms with Crippen molar-refractivity contribution in [2.45, 2.75) is 38.5 Å². The molecular formula is C15H18N4O. The molecule has 1 atom stereocenters. The maximum atomic E-state index is 12.1. The van der Waals surface area contributed by atoms with Gasteiger partial charge in [0.25, 0.3) is 5.56 Å². The third-order valence-electron chi connectivity index (χ3n) is 3.89. The lowest BCUT2D eigenvalue weighted by molar-refractivity contribution is 0.650. The van der Waals surface area contributed by atoms with Gasteiger partial charge in [-0.2, -0.15) is 0 Å². The van der Waals surface area contributed by atoms with E-state index in [1.807, 2.05) is 19.2 Å². The summed E-state index contributed by atoms with van der Waals surface area (Å²) in [4.78, 5) is 23.4. The molecule has 2 heterocycles. The van der Waals surface area contributed by atoms with Crippen molar-refractivity contribution < 1.29 is 0 Å². The Kier molecular flexibility index (Phi) is 3.26. The van der Waals surface area contributed by atoms with Crippen LogP contribution in [0.2, 0.25) is 0 Å². The number of H-pyrrole nitrogens is 1. The lowest BCUT2D eigenvalue weighted by Gasteiger charge is -2.17. The number of nitrogens with zero attached hydrogens (tertiary/aromatic N) is 2. The second-order valence-electron chi connectivity index (χ2n) is 5.34. The van der Waals surface area contributed by atoms with Crippen molar-refractivity contribution in [1.29, 1.82) is 0 Å². The van der Waals surface area contributed by atoms with Crippen LogP contribution in [0, 0.1) is 6.92 Å². The Hall–Kier alpha value is -2.17. The number of nitrogens with two attached hydrogens (primary N) is 1. The van der Waals surface area contributed by atoms with Crippen molar-refractivity contribution in [3.63, 3.8) is 0 Å². The zero-order valence-electron chi connectivity index (χ0n) is 11.5. The van der Waals surface area contributed by atoms with Gasteiger partial charge in [0, 0.05) is 23.4 Å². The Labute approximate surface area is 117 Å². The van der Waals surface area contributed by atoms with Crippen LogP contribution < -0.4 is 11.3 Å². The Bertz CT molecular complexity index is 693. The van der Waals surface area contributed by atoms with Crippen LogP contribution in [0.4, 0.5) is 5.95 Å². The molecule has 1 aliphatic rings. The molecule has 0 saturated heterocycles. The van der Waals surface area contributed by atoms with Crippen LogP contribution in [0.5, 0.6) is 0 Å². The van der Waals surface area contributed by atoms with Gasteiger partial charge in [0.15, 0.2) is 0 Å². The van der Waals surface area contributed by atoms with Gasteiger partial charge < -0.3 is 5.73 Å². The number of aryl methyl sites for hydroxylation is 1. The smallest absolute Gasteiger partial charge is 0.255 e. The number of anilines is 1. The number of rotatable bonds is 1. The van der Waals surface area contributed by atoms with Gasteiger partial charge in [0.05, 0.1) is 5.69 Å². The first-order valence-electron chi connectivity index (χ1n) is 6.96. The van der Waals surface area contributed by atoms with Crippen molar-refractivity contribution in [3.8, 4) is 0 Å². The molecule has 2 aromatic rings. The molecule has 20 heavy (non-hydrogen) atoms. The highest BCUT2D eigenvalue weighted by Crippen LogP contribution is 2.33. The van der Waals surface area contributed by atoms with Crippen LogP contribution >= 0.6 is 0 Å². The molecule has 3 rings (SSSR count). The van der Waals surface area contributed by atoms with Gasteiger partial charge in [0.2, 0.25) is 5.95 Å². The van der Waals surface area contributed by atoms with E-state index in [9.17, 15) is 4.79 Å². The summed E-state index contributed by atoms with van der Waals surface area (Å²) >= 11 is 0. The zero-order chi connectivity index (χ0) is 14.1. The molecule has 1 unspecified atom stereocenters. The summed E-state index contributed by atoms with van der Waals surface area (Å²) in [6.07, 6.45) is 5.68. The minimum atomic E-state index is -0.0924. The molecule has 3 N–H and O–H groups in total. The largest absolute Gasteiger partial charge is 0.369 e. The Balaban J connectivity index is 2.16. The number of nitrogen functional groups attached to an aromatic ring is 1. The number of hydrogen-bond donors (Lipinski definition) is 2. The van der Waals surface area contributed by atoms with Gasteiger partial charge in [-0.25, -0.2) is 4.98 Å². The van der Waals surface area contributed by atoms with Gasteiger partial charge in [-0.3, -0.25) is 14.8 Å². The minimum absolute atomic E-state index is 0.0924. The van der Waals surface area contributed by atoms with Crippen LogP contribution in [0.25, 0.3) is 0 Å². The summed E-state index contributed by atoms with van der Waals surface area (Å²) in [6.45, 7) is 1.97. The summed E-state index contributed by atoms with van der Waals surface area (Å²) in [7, 11) is 0. The van der Waals surface area contributed by atoms with Crippen LogP contribution in [0.15, 0.2) is 23.1 Å². The second kappa shape index (κ2) is 5.07. The number of pyridine rings is 1. The highest BCUT2D eigenvalue weighted by atomic mass is 16.1. The molecule has 0 fully saturated rings. The van der Waals surface area contributed by atoms with E-state index in [0.717, 1.165) is 48.2 Å². The van der Waals surface area contributed by atoms with E-state index in [4.69, 9.17) is 5.73 Å². The fraction of sp³-hybridized carbons (Fsp3) is 0.400. The molecule has 2 aromatic heterocycles. The fourth-order valence-electron chi connectivity index (χ4n) is 2.96. The molecule has 5 heteroatoms. The molecule has 1 aliphatic carbocycles. The monoisotopic (exact) mass is 270 g/mol. The van der Waals surface area contributed by atoms with E-state index in [2.05, 4.69) is 21.0 Å². The topological polar surface area (TPSA) is 84.7 Å². The summed E-state index contributed by atoms with van der Waals surface area (Å²) in [5, 5.41) is 0. The summed E-state index contributed by atoms with van der Waals surface area (Å²) in [5.74, 6) is 0.338. The Morgan fingerprint density at radius 1 is 1.40 bits per heavy atom. The van der Waals surface area contributed by atoms with Gasteiger partial charge in [-0.1, -0.05) is 6.42 Å². The van der Waals surface area contributed by atoms with Crippen LogP contribution in [-0.2, 0) is 6.42 Å². The molecule has 5 nitrogen and oxygen atoms in total. The maximum absolute atomic E-state index is 12.1. The van der Waals surface area contributed by atoms with Crippen molar-refractivity contribution in [3.05, 3.63) is 51.2 Å². The minimum Gasteiger partial charge on any atom is -0.369 e. The summed E-state index contributed by atoms with van der Waals surface area (Å²) in [5.41, 5.74) is 9.41. The van der Waals surface area contributed by atoms with E-state index in [1.165, 1.54) is 0 Å². The first-order valence-corrected chi connectivity index (χ1v) is 6.96. The number of hydrogen-bond acceptors (Lipinski definition) is 4. The highest BCUT2D eigenvalue weighted by Gasteiger charge is 2.24. The van der Waals surface area contributed by atoms with Crippen LogP contribution in [0.1, 0.15) is 47.7 Å². The molecule has 0 aliphatic heterocycles. The maximum Gasteiger partial charge on any atom is 0.255 e. The molecule has 104 valence electrons. The van der Waals surface area contributed by atoms with Crippen molar-refractivity contribution in [2.24, 2.45) is 0 Å². The molecule has 0 aromatic carbocycles. The average molecular weight is 270 g/mol. The fourth-order valence-corrected chi connectivity index (χ4v) is 2.96. The van der Waals surface area contributed by atoms with Crippen LogP contribution in [-0.4, -0.2) is 15.0 Å². The first kappa shape index (κ1) is 12.8. The SMILES string of the molecule is Cc1cc(C2CCCCc3c2nc(N)[nH]c3=O)ccn1. The molecule has 0 amide bonds. The van der Waals surface area contributed by atoms with E-state index in [1.54, 1.807) is 0 Å². The van der Waals surface area contributed by atoms with E-state index in [0.29, 0.717) is 0 Å². The molecule has 0 bridgehead atoms. The third-order valence-corrected chi connectivity index (χ3v) is 3.89. The van der Waals surface area contributed by atoms with Gasteiger partial charge in [0.1, 0.15) is 0 Å². The summed E-state index contributed by atoms with van der Waals surface area (Å²) < 4.78 is 0. The van der Waals surface area contributed by atoms with Crippen molar-refractivity contribution in [2.75, 3.05) is 5.73 Å². The van der Waals surface area contributed by atoms with Gasteiger partial charge in [-0.05, 0) is 43.9 Å². The predicted octanol–water partition coefficient (Wildman–Crippen LogP) is 1.91. The van der Waals surface area contributed by atoms with Gasteiger partial charge in [-0.15, -0.1) is 0 Å². The van der Waals surface area contributed by atoms with E-state index >= 15 is 0 Å². The summed E-state index contributed by atoms with van der Waals surface area (Å²) in [6, 6.07) is 4.07. The Morgan fingerprint density at radius 3 is 3.05 bits per heavy atom. The van der Waals surface area contributed by atoms with E-state index < -0.39 is 0 Å². The lowest BCUT2D eigenvalue weighted by atomic mass is 9.91. The van der Waals surface area contributed by atoms with Gasteiger partial charge >= 0.3 is 0 Å². The molecule has 0 radical (unpaired) electrons. The predicted molar refractivity (Wildman–Crippen MR) is 77.6 cm³/mol. The second-order valence-corrected chi connectivity index (χ2v) is 5.34. The van der Waals surface area contributed by atoms with Crippen molar-refractivity contribution >= 4 is 5.95 Å². The number of aromatic amines is 1. The van der Waals surface area contributed by atoms with E-state index in [-0.39, 0.29) is 17.4 Å². The standard InChI is InChI=1S/C15H18N4O/c1-9-8-10(6-7-17-9)11-4-2-3-5-12-13(11)18-15(16)19-14(12)20/h6-8,11H,2-5H2,1H3,(H3,16,18,19,20). The molecular weight excluding hydrogens is 252 g/mol. The highest BCUT2D eigenvalue weighted by molar-refractivity contribution is 5.36. The van der Waals surface area contributed by atoms with Crippen molar-refractivity contribution in [1.82, 2.24) is 15.0 Å². The number of nitrogens with one attached hydrogen (secondary N) is 1. The number of fused-ring (bicyclic) bond motifs is 1. The normalized spacial score (nSPS) is 18.4. The molecule has 0 saturated carbocycles. The quantitative estimate of drug-likeness (QED) is 0.775. The lowest BCUT2D eigenvalue weighted by Crippen LogP contribution is -2.21. The average Bonchev–Trinajstić information content (AvgIpc) is 2.61.